The molecule has 3 nitrogen and oxygen atoms in total. The smallest absolute Gasteiger partial charge is 0.225 e. The zero-order chi connectivity index (χ0) is 13.6. The van der Waals surface area contributed by atoms with Crippen molar-refractivity contribution >= 4 is 5.91 Å². The predicted molar refractivity (Wildman–Crippen MR) is 70.6 cm³/mol. The molecular formula is C14H21FN2O. The molecule has 1 amide bonds. The number of nitrogens with one attached hydrogen (secondary N) is 1. The fraction of sp³-hybridized carbons (Fsp3) is 0.500. The lowest BCUT2D eigenvalue weighted by molar-refractivity contribution is -0.122. The van der Waals surface area contributed by atoms with E-state index in [9.17, 15) is 9.18 Å². The van der Waals surface area contributed by atoms with Gasteiger partial charge in [-0.1, -0.05) is 32.0 Å². The van der Waals surface area contributed by atoms with Crippen LogP contribution >= 0.6 is 0 Å². The van der Waals surface area contributed by atoms with Gasteiger partial charge in [0.1, 0.15) is 5.82 Å². The maximum atomic E-state index is 13.4. The molecule has 0 saturated heterocycles. The summed E-state index contributed by atoms with van der Waals surface area (Å²) in [6.45, 7) is 4.36. The molecule has 0 aliphatic carbocycles. The zero-order valence-corrected chi connectivity index (χ0v) is 11.0. The van der Waals surface area contributed by atoms with Gasteiger partial charge >= 0.3 is 0 Å². The number of halogens is 1. The molecule has 3 N–H and O–H groups in total. The van der Waals surface area contributed by atoms with Crippen LogP contribution in [0.3, 0.4) is 0 Å². The van der Waals surface area contributed by atoms with Crippen molar-refractivity contribution in [2.24, 2.45) is 5.73 Å². The second-order valence-corrected chi connectivity index (χ2v) is 4.51. The summed E-state index contributed by atoms with van der Waals surface area (Å²) in [4.78, 5) is 11.9. The summed E-state index contributed by atoms with van der Waals surface area (Å²) >= 11 is 0. The highest BCUT2D eigenvalue weighted by molar-refractivity contribution is 5.79. The van der Waals surface area contributed by atoms with Crippen LogP contribution in [0.4, 0.5) is 4.39 Å². The number of hydrogen-bond donors (Lipinski definition) is 2. The molecule has 18 heavy (non-hydrogen) atoms. The molecule has 0 heterocycles. The van der Waals surface area contributed by atoms with E-state index in [1.54, 1.807) is 18.2 Å². The van der Waals surface area contributed by atoms with Crippen molar-refractivity contribution in [3.05, 3.63) is 35.6 Å². The average Bonchev–Trinajstić information content (AvgIpc) is 2.39. The van der Waals surface area contributed by atoms with E-state index < -0.39 is 0 Å². The van der Waals surface area contributed by atoms with E-state index in [1.807, 2.05) is 13.8 Å². The molecule has 0 unspecified atom stereocenters. The summed E-state index contributed by atoms with van der Waals surface area (Å²) in [5.74, 6) is -0.534. The number of benzene rings is 1. The van der Waals surface area contributed by atoms with Crippen molar-refractivity contribution in [2.75, 3.05) is 6.54 Å². The molecule has 0 aliphatic rings. The molecule has 0 saturated carbocycles. The van der Waals surface area contributed by atoms with Crippen LogP contribution in [0.25, 0.3) is 0 Å². The first-order chi connectivity index (χ1) is 8.56. The van der Waals surface area contributed by atoms with Gasteiger partial charge in [0.2, 0.25) is 5.91 Å². The predicted octanol–water partition coefficient (Wildman–Crippen LogP) is 2.00. The lowest BCUT2D eigenvalue weighted by Gasteiger charge is -2.31. The number of rotatable bonds is 6. The van der Waals surface area contributed by atoms with Gasteiger partial charge in [-0.3, -0.25) is 4.79 Å². The third-order valence-corrected chi connectivity index (χ3v) is 3.46. The summed E-state index contributed by atoms with van der Waals surface area (Å²) in [6, 6.07) is 6.32. The maximum Gasteiger partial charge on any atom is 0.225 e. The van der Waals surface area contributed by atoms with Crippen LogP contribution in [0.2, 0.25) is 0 Å². The van der Waals surface area contributed by atoms with Crippen LogP contribution in [-0.2, 0) is 11.2 Å². The van der Waals surface area contributed by atoms with E-state index in [1.165, 1.54) is 6.07 Å². The number of amides is 1. The Kier molecular flexibility index (Phi) is 5.28. The SMILES string of the molecule is CCC(CC)(CN)NC(=O)Cc1ccccc1F. The van der Waals surface area contributed by atoms with Crippen LogP contribution in [0, 0.1) is 5.82 Å². The topological polar surface area (TPSA) is 55.1 Å². The van der Waals surface area contributed by atoms with Gasteiger partial charge in [-0.15, -0.1) is 0 Å². The molecule has 0 bridgehead atoms. The third-order valence-electron chi connectivity index (χ3n) is 3.46. The molecule has 0 spiro atoms. The summed E-state index contributed by atoms with van der Waals surface area (Å²) in [6.07, 6.45) is 1.58. The Labute approximate surface area is 108 Å². The molecule has 4 heteroatoms. The molecule has 0 atom stereocenters. The van der Waals surface area contributed by atoms with Gasteiger partial charge in [0.15, 0.2) is 0 Å². The standard InChI is InChI=1S/C14H21FN2O/c1-3-14(4-2,10-16)17-13(18)9-11-7-5-6-8-12(11)15/h5-8H,3-4,9-10,16H2,1-2H3,(H,17,18). The van der Waals surface area contributed by atoms with Crippen LogP contribution in [0.15, 0.2) is 24.3 Å². The second kappa shape index (κ2) is 6.50. The molecule has 0 radical (unpaired) electrons. The van der Waals surface area contributed by atoms with Gasteiger partial charge in [0, 0.05) is 6.54 Å². The highest BCUT2D eigenvalue weighted by atomic mass is 19.1. The fourth-order valence-corrected chi connectivity index (χ4v) is 1.92. The van der Waals surface area contributed by atoms with E-state index in [-0.39, 0.29) is 23.7 Å². The van der Waals surface area contributed by atoms with Gasteiger partial charge < -0.3 is 11.1 Å². The molecule has 1 aromatic rings. The van der Waals surface area contributed by atoms with Crippen molar-refractivity contribution in [3.8, 4) is 0 Å². The number of hydrogen-bond acceptors (Lipinski definition) is 2. The summed E-state index contributed by atoms with van der Waals surface area (Å²) in [7, 11) is 0. The van der Waals surface area contributed by atoms with Crippen LogP contribution < -0.4 is 11.1 Å². The summed E-state index contributed by atoms with van der Waals surface area (Å²) in [5, 5.41) is 2.92. The Morgan fingerprint density at radius 2 is 1.94 bits per heavy atom. The maximum absolute atomic E-state index is 13.4. The minimum absolute atomic E-state index is 0.0500. The van der Waals surface area contributed by atoms with Gasteiger partial charge in [-0.05, 0) is 24.5 Å². The van der Waals surface area contributed by atoms with E-state index in [4.69, 9.17) is 5.73 Å². The van der Waals surface area contributed by atoms with E-state index >= 15 is 0 Å². The average molecular weight is 252 g/mol. The first-order valence-corrected chi connectivity index (χ1v) is 6.31. The minimum atomic E-state index is -0.373. The van der Waals surface area contributed by atoms with Crippen molar-refractivity contribution < 1.29 is 9.18 Å². The zero-order valence-electron chi connectivity index (χ0n) is 11.0. The summed E-state index contributed by atoms with van der Waals surface area (Å²) in [5.41, 5.74) is 5.75. The lowest BCUT2D eigenvalue weighted by atomic mass is 9.92. The van der Waals surface area contributed by atoms with Gasteiger partial charge in [-0.2, -0.15) is 0 Å². The molecule has 1 aromatic carbocycles. The molecular weight excluding hydrogens is 231 g/mol. The molecule has 0 aromatic heterocycles. The molecule has 1 rings (SSSR count). The number of nitrogens with two attached hydrogens (primary N) is 1. The summed E-state index contributed by atoms with van der Waals surface area (Å²) < 4.78 is 13.4. The Morgan fingerprint density at radius 1 is 1.33 bits per heavy atom. The van der Waals surface area contributed by atoms with Crippen molar-refractivity contribution in [2.45, 2.75) is 38.6 Å². The lowest BCUT2D eigenvalue weighted by Crippen LogP contribution is -2.53. The monoisotopic (exact) mass is 252 g/mol. The van der Waals surface area contributed by atoms with E-state index in [0.717, 1.165) is 12.8 Å². The third kappa shape index (κ3) is 3.53. The second-order valence-electron chi connectivity index (χ2n) is 4.51. The largest absolute Gasteiger partial charge is 0.349 e. The van der Waals surface area contributed by atoms with Crippen molar-refractivity contribution in [1.82, 2.24) is 5.32 Å². The first kappa shape index (κ1) is 14.6. The van der Waals surface area contributed by atoms with Crippen LogP contribution in [0.1, 0.15) is 32.3 Å². The first-order valence-electron chi connectivity index (χ1n) is 6.31. The Morgan fingerprint density at radius 3 is 2.44 bits per heavy atom. The van der Waals surface area contributed by atoms with Gasteiger partial charge in [0.25, 0.3) is 0 Å². The minimum Gasteiger partial charge on any atom is -0.349 e. The van der Waals surface area contributed by atoms with E-state index in [0.29, 0.717) is 12.1 Å². The Bertz CT molecular complexity index is 394. The number of carbonyl (C=O) groups excluding carboxylic acids is 1. The fourth-order valence-electron chi connectivity index (χ4n) is 1.92. The Balaban J connectivity index is 2.70. The highest BCUT2D eigenvalue weighted by Crippen LogP contribution is 2.14. The van der Waals surface area contributed by atoms with E-state index in [2.05, 4.69) is 5.32 Å². The molecule has 100 valence electrons. The quantitative estimate of drug-likeness (QED) is 0.813. The van der Waals surface area contributed by atoms with Crippen molar-refractivity contribution in [3.63, 3.8) is 0 Å². The van der Waals surface area contributed by atoms with Crippen LogP contribution in [0.5, 0.6) is 0 Å². The van der Waals surface area contributed by atoms with Gasteiger partial charge in [-0.25, -0.2) is 4.39 Å². The number of carbonyl (C=O) groups is 1. The molecule has 0 aliphatic heterocycles. The van der Waals surface area contributed by atoms with Crippen LogP contribution in [-0.4, -0.2) is 18.0 Å². The van der Waals surface area contributed by atoms with Crippen molar-refractivity contribution in [1.29, 1.82) is 0 Å². The molecule has 0 fully saturated rings. The Hall–Kier alpha value is -1.42. The highest BCUT2D eigenvalue weighted by Gasteiger charge is 2.26. The normalized spacial score (nSPS) is 11.3. The van der Waals surface area contributed by atoms with Gasteiger partial charge in [0.05, 0.1) is 12.0 Å².